The third kappa shape index (κ3) is 4.29. The van der Waals surface area contributed by atoms with Gasteiger partial charge in [-0.1, -0.05) is 18.2 Å². The van der Waals surface area contributed by atoms with Crippen LogP contribution < -0.4 is 20.3 Å². The summed E-state index contributed by atoms with van der Waals surface area (Å²) in [7, 11) is 0. The second-order valence-corrected chi connectivity index (χ2v) is 5.82. The van der Waals surface area contributed by atoms with Gasteiger partial charge in [0.05, 0.1) is 12.2 Å². The Kier molecular flexibility index (Phi) is 5.18. The van der Waals surface area contributed by atoms with Gasteiger partial charge in [0.2, 0.25) is 5.91 Å². The zero-order valence-corrected chi connectivity index (χ0v) is 14.1. The molecular weight excluding hydrogens is 318 g/mol. The number of nitrogens with zero attached hydrogens (tertiary/aromatic N) is 1. The van der Waals surface area contributed by atoms with Crippen LogP contribution in [-0.2, 0) is 4.79 Å². The molecule has 0 bridgehead atoms. The molecule has 3 rings (SSSR count). The Morgan fingerprint density at radius 3 is 2.84 bits per heavy atom. The minimum Gasteiger partial charge on any atom is -0.490 e. The first-order valence-corrected chi connectivity index (χ1v) is 8.26. The number of rotatable bonds is 5. The first-order valence-electron chi connectivity index (χ1n) is 8.26. The van der Waals surface area contributed by atoms with Crippen molar-refractivity contribution in [2.45, 2.75) is 6.92 Å². The Balaban J connectivity index is 1.56. The molecule has 6 nitrogen and oxygen atoms in total. The standard InChI is InChI=1S/C19H21N3O3/c1-14(23)21-16-6-4-5-15(13-16)19(24)20-9-10-22-11-12-25-18-8-3-2-7-17(18)22/h2-8,13H,9-12H2,1H3,(H,20,24)(H,21,23). The Morgan fingerprint density at radius 1 is 1.16 bits per heavy atom. The van der Waals surface area contributed by atoms with E-state index in [1.54, 1.807) is 24.3 Å². The van der Waals surface area contributed by atoms with E-state index in [-0.39, 0.29) is 11.8 Å². The molecule has 0 saturated carbocycles. The molecule has 1 heterocycles. The van der Waals surface area contributed by atoms with Crippen LogP contribution in [0.2, 0.25) is 0 Å². The Morgan fingerprint density at radius 2 is 2.00 bits per heavy atom. The first-order chi connectivity index (χ1) is 12.1. The topological polar surface area (TPSA) is 70.7 Å². The van der Waals surface area contributed by atoms with Crippen molar-refractivity contribution in [2.75, 3.05) is 36.5 Å². The third-order valence-electron chi connectivity index (χ3n) is 3.94. The fourth-order valence-electron chi connectivity index (χ4n) is 2.81. The van der Waals surface area contributed by atoms with Crippen molar-refractivity contribution >= 4 is 23.2 Å². The van der Waals surface area contributed by atoms with Gasteiger partial charge in [-0.05, 0) is 30.3 Å². The van der Waals surface area contributed by atoms with Gasteiger partial charge in [0, 0.05) is 31.3 Å². The molecular formula is C19H21N3O3. The predicted molar refractivity (Wildman–Crippen MR) is 97.2 cm³/mol. The highest BCUT2D eigenvalue weighted by atomic mass is 16.5. The second-order valence-electron chi connectivity index (χ2n) is 5.82. The quantitative estimate of drug-likeness (QED) is 0.877. The lowest BCUT2D eigenvalue weighted by molar-refractivity contribution is -0.114. The number of anilines is 2. The number of carbonyl (C=O) groups excluding carboxylic acids is 2. The molecule has 0 unspecified atom stereocenters. The Bertz CT molecular complexity index is 776. The average Bonchev–Trinajstić information content (AvgIpc) is 2.61. The number of para-hydroxylation sites is 2. The number of ether oxygens (including phenoxy) is 1. The summed E-state index contributed by atoms with van der Waals surface area (Å²) >= 11 is 0. The smallest absolute Gasteiger partial charge is 0.251 e. The molecule has 1 aliphatic rings. The van der Waals surface area contributed by atoms with Crippen LogP contribution in [0.15, 0.2) is 48.5 Å². The molecule has 6 heteroatoms. The molecule has 2 N–H and O–H groups in total. The van der Waals surface area contributed by atoms with Crippen molar-refractivity contribution in [2.24, 2.45) is 0 Å². The van der Waals surface area contributed by atoms with E-state index < -0.39 is 0 Å². The third-order valence-corrected chi connectivity index (χ3v) is 3.94. The van der Waals surface area contributed by atoms with Crippen molar-refractivity contribution in [3.05, 3.63) is 54.1 Å². The van der Waals surface area contributed by atoms with Crippen molar-refractivity contribution in [3.63, 3.8) is 0 Å². The highest BCUT2D eigenvalue weighted by Crippen LogP contribution is 2.30. The molecule has 0 aliphatic carbocycles. The largest absolute Gasteiger partial charge is 0.490 e. The lowest BCUT2D eigenvalue weighted by Crippen LogP contribution is -2.39. The van der Waals surface area contributed by atoms with Gasteiger partial charge in [0.15, 0.2) is 0 Å². The van der Waals surface area contributed by atoms with Crippen LogP contribution in [0.25, 0.3) is 0 Å². The van der Waals surface area contributed by atoms with Crippen LogP contribution in [0.1, 0.15) is 17.3 Å². The fourth-order valence-corrected chi connectivity index (χ4v) is 2.81. The lowest BCUT2D eigenvalue weighted by Gasteiger charge is -2.31. The zero-order chi connectivity index (χ0) is 17.6. The summed E-state index contributed by atoms with van der Waals surface area (Å²) in [4.78, 5) is 25.6. The number of fused-ring (bicyclic) bond motifs is 1. The number of nitrogens with one attached hydrogen (secondary N) is 2. The minimum atomic E-state index is -0.163. The molecule has 0 radical (unpaired) electrons. The molecule has 2 aromatic carbocycles. The zero-order valence-electron chi connectivity index (χ0n) is 14.1. The number of hydrogen-bond acceptors (Lipinski definition) is 4. The molecule has 0 spiro atoms. The second kappa shape index (κ2) is 7.70. The van der Waals surface area contributed by atoms with Crippen LogP contribution in [0.3, 0.4) is 0 Å². The van der Waals surface area contributed by atoms with Gasteiger partial charge in [-0.3, -0.25) is 9.59 Å². The predicted octanol–water partition coefficient (Wildman–Crippen LogP) is 2.27. The SMILES string of the molecule is CC(=O)Nc1cccc(C(=O)NCCN2CCOc3ccccc32)c1. The number of hydrogen-bond donors (Lipinski definition) is 2. The molecule has 1 aliphatic heterocycles. The van der Waals surface area contributed by atoms with E-state index in [0.29, 0.717) is 30.9 Å². The molecule has 0 fully saturated rings. The van der Waals surface area contributed by atoms with Crippen LogP contribution in [-0.4, -0.2) is 38.1 Å². The van der Waals surface area contributed by atoms with Crippen molar-refractivity contribution in [3.8, 4) is 5.75 Å². The van der Waals surface area contributed by atoms with E-state index in [2.05, 4.69) is 15.5 Å². The van der Waals surface area contributed by atoms with E-state index in [9.17, 15) is 9.59 Å². The van der Waals surface area contributed by atoms with Gasteiger partial charge < -0.3 is 20.3 Å². The van der Waals surface area contributed by atoms with Crippen LogP contribution in [0, 0.1) is 0 Å². The molecule has 2 amide bonds. The van der Waals surface area contributed by atoms with Gasteiger partial charge in [0.25, 0.3) is 5.91 Å². The maximum atomic E-state index is 12.3. The highest BCUT2D eigenvalue weighted by Gasteiger charge is 2.17. The lowest BCUT2D eigenvalue weighted by atomic mass is 10.2. The molecule has 0 aromatic heterocycles. The summed E-state index contributed by atoms with van der Waals surface area (Å²) in [6.07, 6.45) is 0. The normalized spacial score (nSPS) is 12.8. The number of carbonyl (C=O) groups is 2. The van der Waals surface area contributed by atoms with E-state index in [1.807, 2.05) is 24.3 Å². The highest BCUT2D eigenvalue weighted by molar-refractivity contribution is 5.96. The van der Waals surface area contributed by atoms with Crippen LogP contribution in [0.5, 0.6) is 5.75 Å². The monoisotopic (exact) mass is 339 g/mol. The first kappa shape index (κ1) is 16.8. The van der Waals surface area contributed by atoms with E-state index in [1.165, 1.54) is 6.92 Å². The van der Waals surface area contributed by atoms with Crippen molar-refractivity contribution in [1.82, 2.24) is 5.32 Å². The maximum Gasteiger partial charge on any atom is 0.251 e. The minimum absolute atomic E-state index is 0.159. The summed E-state index contributed by atoms with van der Waals surface area (Å²) in [5.74, 6) is 0.556. The molecule has 130 valence electrons. The Hall–Kier alpha value is -3.02. The molecule has 25 heavy (non-hydrogen) atoms. The Labute approximate surface area is 146 Å². The van der Waals surface area contributed by atoms with Crippen LogP contribution in [0.4, 0.5) is 11.4 Å². The summed E-state index contributed by atoms with van der Waals surface area (Å²) in [5, 5.41) is 5.60. The fraction of sp³-hybridized carbons (Fsp3) is 0.263. The number of amides is 2. The van der Waals surface area contributed by atoms with Crippen molar-refractivity contribution < 1.29 is 14.3 Å². The van der Waals surface area contributed by atoms with Gasteiger partial charge in [-0.2, -0.15) is 0 Å². The van der Waals surface area contributed by atoms with Crippen molar-refractivity contribution in [1.29, 1.82) is 0 Å². The summed E-state index contributed by atoms with van der Waals surface area (Å²) < 4.78 is 5.63. The van der Waals surface area contributed by atoms with E-state index in [0.717, 1.165) is 18.0 Å². The van der Waals surface area contributed by atoms with Gasteiger partial charge in [0.1, 0.15) is 12.4 Å². The van der Waals surface area contributed by atoms with E-state index in [4.69, 9.17) is 4.74 Å². The van der Waals surface area contributed by atoms with Gasteiger partial charge >= 0.3 is 0 Å². The molecule has 0 atom stereocenters. The molecule has 0 saturated heterocycles. The number of benzene rings is 2. The maximum absolute atomic E-state index is 12.3. The summed E-state index contributed by atoms with van der Waals surface area (Å²) in [5.41, 5.74) is 2.19. The van der Waals surface area contributed by atoms with Gasteiger partial charge in [-0.25, -0.2) is 0 Å². The summed E-state index contributed by atoms with van der Waals surface area (Å²) in [6, 6.07) is 14.8. The summed E-state index contributed by atoms with van der Waals surface area (Å²) in [6.45, 7) is 4.11. The van der Waals surface area contributed by atoms with Crippen LogP contribution >= 0.6 is 0 Å². The van der Waals surface area contributed by atoms with Gasteiger partial charge in [-0.15, -0.1) is 0 Å². The average molecular weight is 339 g/mol. The van der Waals surface area contributed by atoms with E-state index >= 15 is 0 Å². The molecule has 2 aromatic rings.